The van der Waals surface area contributed by atoms with Gasteiger partial charge in [-0.25, -0.2) is 0 Å². The number of hydrogen-bond acceptors (Lipinski definition) is 2. The average molecular weight is 183 g/mol. The van der Waals surface area contributed by atoms with Crippen molar-refractivity contribution in [2.75, 3.05) is 0 Å². The molecule has 1 rings (SSSR count). The van der Waals surface area contributed by atoms with Crippen LogP contribution in [0.3, 0.4) is 0 Å². The number of carbonyl (C=O) groups is 2. The first-order chi connectivity index (χ1) is 6.07. The molecule has 0 saturated carbocycles. The van der Waals surface area contributed by atoms with Gasteiger partial charge in [0.25, 0.3) is 0 Å². The standard InChI is InChI=1S/C10H17NO2/c1-4-5-8(3)11-9(12)6-7(2)10(11)13/h7-8H,4-6H2,1-3H3/t7?,8-/m1/s1. The molecule has 0 aromatic rings. The molecular formula is C10H17NO2. The van der Waals surface area contributed by atoms with Crippen LogP contribution < -0.4 is 0 Å². The summed E-state index contributed by atoms with van der Waals surface area (Å²) in [5.41, 5.74) is 0. The second kappa shape index (κ2) is 3.90. The monoisotopic (exact) mass is 183 g/mol. The van der Waals surface area contributed by atoms with Gasteiger partial charge in [-0.15, -0.1) is 0 Å². The van der Waals surface area contributed by atoms with Crippen molar-refractivity contribution in [3.05, 3.63) is 0 Å². The third kappa shape index (κ3) is 1.90. The molecule has 3 heteroatoms. The zero-order valence-corrected chi connectivity index (χ0v) is 8.54. The maximum Gasteiger partial charge on any atom is 0.232 e. The van der Waals surface area contributed by atoms with Crippen molar-refractivity contribution < 1.29 is 9.59 Å². The van der Waals surface area contributed by atoms with Crippen molar-refractivity contribution in [2.24, 2.45) is 5.92 Å². The first-order valence-electron chi connectivity index (χ1n) is 4.93. The minimum absolute atomic E-state index is 0.00144. The highest BCUT2D eigenvalue weighted by Crippen LogP contribution is 2.22. The molecule has 2 atom stereocenters. The lowest BCUT2D eigenvalue weighted by Crippen LogP contribution is -2.38. The Hall–Kier alpha value is -0.860. The molecule has 0 spiro atoms. The summed E-state index contributed by atoms with van der Waals surface area (Å²) >= 11 is 0. The summed E-state index contributed by atoms with van der Waals surface area (Å²) in [6.45, 7) is 5.82. The Morgan fingerprint density at radius 3 is 2.54 bits per heavy atom. The largest absolute Gasteiger partial charge is 0.280 e. The molecule has 1 aliphatic heterocycles. The van der Waals surface area contributed by atoms with E-state index in [1.807, 2.05) is 13.8 Å². The van der Waals surface area contributed by atoms with Crippen molar-refractivity contribution in [3.63, 3.8) is 0 Å². The molecule has 0 radical (unpaired) electrons. The zero-order valence-electron chi connectivity index (χ0n) is 8.54. The lowest BCUT2D eigenvalue weighted by atomic mass is 10.1. The van der Waals surface area contributed by atoms with E-state index in [2.05, 4.69) is 6.92 Å². The lowest BCUT2D eigenvalue weighted by Gasteiger charge is -2.22. The van der Waals surface area contributed by atoms with E-state index >= 15 is 0 Å². The number of rotatable bonds is 3. The van der Waals surface area contributed by atoms with E-state index in [1.165, 1.54) is 4.90 Å². The van der Waals surface area contributed by atoms with Gasteiger partial charge in [0, 0.05) is 18.4 Å². The second-order valence-corrected chi connectivity index (χ2v) is 3.84. The van der Waals surface area contributed by atoms with Crippen LogP contribution in [0.15, 0.2) is 0 Å². The summed E-state index contributed by atoms with van der Waals surface area (Å²) < 4.78 is 0. The van der Waals surface area contributed by atoms with Gasteiger partial charge in [-0.1, -0.05) is 20.3 Å². The van der Waals surface area contributed by atoms with Crippen LogP contribution in [0.1, 0.15) is 40.0 Å². The molecule has 2 amide bonds. The first-order valence-corrected chi connectivity index (χ1v) is 4.93. The van der Waals surface area contributed by atoms with Gasteiger partial charge in [-0.3, -0.25) is 14.5 Å². The number of nitrogens with zero attached hydrogens (tertiary/aromatic N) is 1. The van der Waals surface area contributed by atoms with Crippen LogP contribution in [0.25, 0.3) is 0 Å². The topological polar surface area (TPSA) is 37.4 Å². The van der Waals surface area contributed by atoms with Crippen molar-refractivity contribution >= 4 is 11.8 Å². The molecule has 0 bridgehead atoms. The van der Waals surface area contributed by atoms with Crippen LogP contribution in [0, 0.1) is 5.92 Å². The minimum Gasteiger partial charge on any atom is -0.280 e. The smallest absolute Gasteiger partial charge is 0.232 e. The SMILES string of the molecule is CCC[C@@H](C)N1C(=O)CC(C)C1=O. The van der Waals surface area contributed by atoms with Crippen LogP contribution in [0.4, 0.5) is 0 Å². The van der Waals surface area contributed by atoms with E-state index in [9.17, 15) is 9.59 Å². The van der Waals surface area contributed by atoms with Crippen molar-refractivity contribution in [3.8, 4) is 0 Å². The second-order valence-electron chi connectivity index (χ2n) is 3.84. The Balaban J connectivity index is 2.68. The van der Waals surface area contributed by atoms with Gasteiger partial charge in [-0.05, 0) is 13.3 Å². The molecule has 13 heavy (non-hydrogen) atoms. The Bertz CT molecular complexity index is 225. The summed E-state index contributed by atoms with van der Waals surface area (Å²) in [4.78, 5) is 24.4. The summed E-state index contributed by atoms with van der Waals surface area (Å²) in [5.74, 6) is -0.101. The normalized spacial score (nSPS) is 25.5. The first kappa shape index (κ1) is 10.2. The van der Waals surface area contributed by atoms with Gasteiger partial charge in [0.2, 0.25) is 11.8 Å². The van der Waals surface area contributed by atoms with Crippen LogP contribution in [0.5, 0.6) is 0 Å². The molecule has 1 unspecified atom stereocenters. The summed E-state index contributed by atoms with van der Waals surface area (Å²) in [7, 11) is 0. The number of likely N-dealkylation sites (tertiary alicyclic amines) is 1. The average Bonchev–Trinajstić information content (AvgIpc) is 2.27. The Morgan fingerprint density at radius 2 is 2.15 bits per heavy atom. The van der Waals surface area contributed by atoms with E-state index in [4.69, 9.17) is 0 Å². The third-order valence-corrected chi connectivity index (χ3v) is 2.56. The predicted octanol–water partition coefficient (Wildman–Crippen LogP) is 1.57. The number of hydrogen-bond donors (Lipinski definition) is 0. The number of imide groups is 1. The summed E-state index contributed by atoms with van der Waals surface area (Å²) in [6, 6.07) is 0.0787. The lowest BCUT2D eigenvalue weighted by molar-refractivity contribution is -0.141. The molecule has 0 aromatic heterocycles. The van der Waals surface area contributed by atoms with Crippen LogP contribution in [0.2, 0.25) is 0 Å². The van der Waals surface area contributed by atoms with Gasteiger partial charge in [0.1, 0.15) is 0 Å². The van der Waals surface area contributed by atoms with Crippen LogP contribution >= 0.6 is 0 Å². The highest BCUT2D eigenvalue weighted by atomic mass is 16.2. The predicted molar refractivity (Wildman–Crippen MR) is 50.0 cm³/mol. The maximum atomic E-state index is 11.5. The molecule has 0 aliphatic carbocycles. The van der Waals surface area contributed by atoms with Crippen molar-refractivity contribution in [1.82, 2.24) is 4.90 Å². The van der Waals surface area contributed by atoms with E-state index in [1.54, 1.807) is 0 Å². The minimum atomic E-state index is -0.105. The van der Waals surface area contributed by atoms with E-state index in [0.717, 1.165) is 12.8 Å². The molecule has 3 nitrogen and oxygen atoms in total. The van der Waals surface area contributed by atoms with Gasteiger partial charge >= 0.3 is 0 Å². The zero-order chi connectivity index (χ0) is 10.0. The Morgan fingerprint density at radius 1 is 1.54 bits per heavy atom. The number of amides is 2. The van der Waals surface area contributed by atoms with Gasteiger partial charge in [-0.2, -0.15) is 0 Å². The summed E-state index contributed by atoms with van der Waals surface area (Å²) in [6.07, 6.45) is 2.31. The molecule has 74 valence electrons. The van der Waals surface area contributed by atoms with Crippen LogP contribution in [-0.2, 0) is 9.59 Å². The molecule has 1 heterocycles. The van der Waals surface area contributed by atoms with Crippen molar-refractivity contribution in [1.29, 1.82) is 0 Å². The molecular weight excluding hydrogens is 166 g/mol. The fourth-order valence-corrected chi connectivity index (χ4v) is 1.82. The van der Waals surface area contributed by atoms with Gasteiger partial charge in [0.05, 0.1) is 0 Å². The fraction of sp³-hybridized carbons (Fsp3) is 0.800. The van der Waals surface area contributed by atoms with Gasteiger partial charge < -0.3 is 0 Å². The molecule has 0 aromatic carbocycles. The summed E-state index contributed by atoms with van der Waals surface area (Å²) in [5, 5.41) is 0. The van der Waals surface area contributed by atoms with E-state index < -0.39 is 0 Å². The molecule has 1 fully saturated rings. The Kier molecular flexibility index (Phi) is 3.07. The van der Waals surface area contributed by atoms with Gasteiger partial charge in [0.15, 0.2) is 0 Å². The fourth-order valence-electron chi connectivity index (χ4n) is 1.82. The van der Waals surface area contributed by atoms with Crippen molar-refractivity contribution in [2.45, 2.75) is 46.1 Å². The van der Waals surface area contributed by atoms with Crippen LogP contribution in [-0.4, -0.2) is 22.8 Å². The quantitative estimate of drug-likeness (QED) is 0.623. The molecule has 1 saturated heterocycles. The highest BCUT2D eigenvalue weighted by molar-refractivity contribution is 6.03. The van der Waals surface area contributed by atoms with E-state index in [-0.39, 0.29) is 23.8 Å². The molecule has 1 aliphatic rings. The highest BCUT2D eigenvalue weighted by Gasteiger charge is 2.37. The maximum absolute atomic E-state index is 11.5. The molecule has 0 N–H and O–H groups in total. The third-order valence-electron chi connectivity index (χ3n) is 2.56. The Labute approximate surface area is 79.1 Å². The van der Waals surface area contributed by atoms with E-state index in [0.29, 0.717) is 6.42 Å². The number of carbonyl (C=O) groups excluding carboxylic acids is 2.